The summed E-state index contributed by atoms with van der Waals surface area (Å²) >= 11 is 1.21. The largest absolute Gasteiger partial charge is 0.386 e. The Bertz CT molecular complexity index is 614. The van der Waals surface area contributed by atoms with Crippen LogP contribution < -0.4 is 0 Å². The number of fused-ring (bicyclic) bond motifs is 2. The highest BCUT2D eigenvalue weighted by Gasteiger charge is 2.44. The molecule has 0 radical (unpaired) electrons. The molecule has 0 atom stereocenters. The van der Waals surface area contributed by atoms with Crippen LogP contribution in [0.2, 0.25) is 0 Å². The maximum absolute atomic E-state index is 12.6. The van der Waals surface area contributed by atoms with Crippen molar-refractivity contribution in [2.45, 2.75) is 50.3 Å². The molecule has 1 aromatic rings. The number of aliphatic hydroxyl groups is 1. The van der Waals surface area contributed by atoms with Crippen LogP contribution in [0.15, 0.2) is 5.38 Å². The molecule has 0 unspecified atom stereocenters. The van der Waals surface area contributed by atoms with Crippen molar-refractivity contribution in [3.8, 4) is 0 Å². The summed E-state index contributed by atoms with van der Waals surface area (Å²) in [4.78, 5) is 32.6. The highest BCUT2D eigenvalue weighted by atomic mass is 32.1. The molecule has 3 fully saturated rings. The quantitative estimate of drug-likeness (QED) is 0.886. The molecule has 4 heterocycles. The van der Waals surface area contributed by atoms with E-state index in [9.17, 15) is 14.7 Å². The molecular formula is C15H19N3O3S. The van der Waals surface area contributed by atoms with Crippen LogP contribution in [0.25, 0.3) is 0 Å². The minimum atomic E-state index is -0.791. The average molecular weight is 321 g/mol. The van der Waals surface area contributed by atoms with Gasteiger partial charge in [0.1, 0.15) is 5.69 Å². The fraction of sp³-hybridized carbons (Fsp3) is 0.667. The summed E-state index contributed by atoms with van der Waals surface area (Å²) in [6.45, 7) is 2.35. The van der Waals surface area contributed by atoms with Crippen molar-refractivity contribution in [3.05, 3.63) is 16.1 Å². The number of rotatable bonds is 2. The van der Waals surface area contributed by atoms with Gasteiger partial charge in [0, 0.05) is 17.5 Å². The second-order valence-electron chi connectivity index (χ2n) is 6.87. The Morgan fingerprint density at radius 3 is 2.36 bits per heavy atom. The van der Waals surface area contributed by atoms with E-state index in [-0.39, 0.29) is 11.8 Å². The first-order valence-corrected chi connectivity index (χ1v) is 8.62. The molecule has 3 aliphatic heterocycles. The SMILES string of the molecule is CC1(O)CN(C(=O)c2nc(C(=O)N3C4CCC3CC4)cs2)C1. The van der Waals surface area contributed by atoms with Gasteiger partial charge in [-0.1, -0.05) is 0 Å². The molecular weight excluding hydrogens is 302 g/mol. The van der Waals surface area contributed by atoms with Gasteiger partial charge < -0.3 is 14.9 Å². The van der Waals surface area contributed by atoms with E-state index in [1.54, 1.807) is 17.2 Å². The van der Waals surface area contributed by atoms with Crippen molar-refractivity contribution in [3.63, 3.8) is 0 Å². The predicted molar refractivity (Wildman–Crippen MR) is 80.9 cm³/mol. The lowest BCUT2D eigenvalue weighted by Gasteiger charge is -2.43. The number of carbonyl (C=O) groups is 2. The van der Waals surface area contributed by atoms with Gasteiger partial charge >= 0.3 is 0 Å². The smallest absolute Gasteiger partial charge is 0.283 e. The second kappa shape index (κ2) is 4.76. The summed E-state index contributed by atoms with van der Waals surface area (Å²) in [5.74, 6) is -0.226. The first kappa shape index (κ1) is 14.1. The van der Waals surface area contributed by atoms with Gasteiger partial charge in [0.05, 0.1) is 18.7 Å². The van der Waals surface area contributed by atoms with E-state index in [4.69, 9.17) is 0 Å². The van der Waals surface area contributed by atoms with Crippen molar-refractivity contribution in [1.29, 1.82) is 0 Å². The zero-order chi connectivity index (χ0) is 15.5. The molecule has 0 spiro atoms. The van der Waals surface area contributed by atoms with Gasteiger partial charge in [0.15, 0.2) is 5.01 Å². The van der Waals surface area contributed by atoms with Crippen molar-refractivity contribution in [1.82, 2.24) is 14.8 Å². The van der Waals surface area contributed by atoms with Crippen LogP contribution in [0.5, 0.6) is 0 Å². The Hall–Kier alpha value is -1.47. The summed E-state index contributed by atoms with van der Waals surface area (Å²) in [6.07, 6.45) is 4.37. The molecule has 22 heavy (non-hydrogen) atoms. The molecule has 2 bridgehead atoms. The van der Waals surface area contributed by atoms with E-state index in [2.05, 4.69) is 4.98 Å². The number of nitrogens with zero attached hydrogens (tertiary/aromatic N) is 3. The summed E-state index contributed by atoms with van der Waals surface area (Å²) in [5.41, 5.74) is -0.403. The van der Waals surface area contributed by atoms with Gasteiger partial charge in [0.25, 0.3) is 11.8 Å². The van der Waals surface area contributed by atoms with Gasteiger partial charge in [-0.3, -0.25) is 9.59 Å². The number of carbonyl (C=O) groups excluding carboxylic acids is 2. The average Bonchev–Trinajstić information content (AvgIpc) is 3.18. The van der Waals surface area contributed by atoms with Gasteiger partial charge in [-0.25, -0.2) is 4.98 Å². The molecule has 0 saturated carbocycles. The summed E-state index contributed by atoms with van der Waals surface area (Å²) in [7, 11) is 0. The summed E-state index contributed by atoms with van der Waals surface area (Å²) in [5, 5.41) is 11.7. The lowest BCUT2D eigenvalue weighted by molar-refractivity contribution is -0.0668. The maximum atomic E-state index is 12.6. The molecule has 3 aliphatic rings. The van der Waals surface area contributed by atoms with Crippen molar-refractivity contribution < 1.29 is 14.7 Å². The first-order chi connectivity index (χ1) is 10.4. The van der Waals surface area contributed by atoms with Crippen LogP contribution in [0, 0.1) is 0 Å². The van der Waals surface area contributed by atoms with Gasteiger partial charge in [-0.15, -0.1) is 11.3 Å². The minimum Gasteiger partial charge on any atom is -0.386 e. The zero-order valence-electron chi connectivity index (χ0n) is 12.5. The number of β-amino-alcohol motifs (C(OH)–C–C–N with tert-alkyl or cyclic N) is 1. The normalized spacial score (nSPS) is 28.8. The van der Waals surface area contributed by atoms with Gasteiger partial charge in [-0.05, 0) is 32.6 Å². The third-order valence-corrected chi connectivity index (χ3v) is 5.77. The molecule has 0 aromatic carbocycles. The van der Waals surface area contributed by atoms with Crippen molar-refractivity contribution >= 4 is 23.2 Å². The van der Waals surface area contributed by atoms with Crippen LogP contribution in [-0.4, -0.2) is 62.5 Å². The molecule has 4 rings (SSSR count). The number of aromatic nitrogens is 1. The zero-order valence-corrected chi connectivity index (χ0v) is 13.3. The fourth-order valence-corrected chi connectivity index (χ4v) is 4.66. The molecule has 118 valence electrons. The maximum Gasteiger partial charge on any atom is 0.283 e. The van der Waals surface area contributed by atoms with E-state index >= 15 is 0 Å². The third-order valence-electron chi connectivity index (χ3n) is 4.94. The minimum absolute atomic E-state index is 0.0316. The molecule has 2 amide bonds. The van der Waals surface area contributed by atoms with Gasteiger partial charge in [-0.2, -0.15) is 0 Å². The highest BCUT2D eigenvalue weighted by Crippen LogP contribution is 2.38. The predicted octanol–water partition coefficient (Wildman–Crippen LogP) is 1.12. The summed E-state index contributed by atoms with van der Waals surface area (Å²) in [6, 6.07) is 0.729. The Labute approximate surface area is 132 Å². The van der Waals surface area contributed by atoms with Crippen molar-refractivity contribution in [2.24, 2.45) is 0 Å². The number of thiazole rings is 1. The fourth-order valence-electron chi connectivity index (χ4n) is 3.90. The van der Waals surface area contributed by atoms with E-state index in [0.29, 0.717) is 35.9 Å². The number of hydrogen-bond donors (Lipinski definition) is 1. The Morgan fingerprint density at radius 1 is 1.23 bits per heavy atom. The molecule has 1 aromatic heterocycles. The Kier molecular flexibility index (Phi) is 3.06. The standard InChI is InChI=1S/C15H19N3O3S/c1-15(21)7-17(8-15)14(20)12-16-11(6-22-12)13(19)18-9-2-3-10(18)5-4-9/h6,9-10,21H,2-5,7-8H2,1H3. The van der Waals surface area contributed by atoms with Crippen LogP contribution >= 0.6 is 11.3 Å². The van der Waals surface area contributed by atoms with E-state index < -0.39 is 5.60 Å². The molecule has 1 N–H and O–H groups in total. The first-order valence-electron chi connectivity index (χ1n) is 7.74. The Balaban J connectivity index is 1.48. The van der Waals surface area contributed by atoms with Crippen LogP contribution in [0.3, 0.4) is 0 Å². The second-order valence-corrected chi connectivity index (χ2v) is 7.73. The van der Waals surface area contributed by atoms with Gasteiger partial charge in [0.2, 0.25) is 0 Å². The number of hydrogen-bond acceptors (Lipinski definition) is 5. The van der Waals surface area contributed by atoms with Crippen LogP contribution in [0.4, 0.5) is 0 Å². The lowest BCUT2D eigenvalue weighted by atomic mass is 9.97. The van der Waals surface area contributed by atoms with E-state index in [0.717, 1.165) is 25.7 Å². The van der Waals surface area contributed by atoms with E-state index in [1.807, 2.05) is 4.90 Å². The molecule has 0 aliphatic carbocycles. The van der Waals surface area contributed by atoms with Crippen molar-refractivity contribution in [2.75, 3.05) is 13.1 Å². The number of likely N-dealkylation sites (tertiary alicyclic amines) is 1. The lowest BCUT2D eigenvalue weighted by Crippen LogP contribution is -2.61. The Morgan fingerprint density at radius 2 is 1.82 bits per heavy atom. The molecule has 7 heteroatoms. The summed E-state index contributed by atoms with van der Waals surface area (Å²) < 4.78 is 0. The van der Waals surface area contributed by atoms with Crippen LogP contribution in [0.1, 0.15) is 52.9 Å². The van der Waals surface area contributed by atoms with Crippen LogP contribution in [-0.2, 0) is 0 Å². The highest BCUT2D eigenvalue weighted by molar-refractivity contribution is 7.11. The van der Waals surface area contributed by atoms with E-state index in [1.165, 1.54) is 11.3 Å². The monoisotopic (exact) mass is 321 g/mol. The number of amides is 2. The molecule has 3 saturated heterocycles. The molecule has 6 nitrogen and oxygen atoms in total. The third kappa shape index (κ3) is 2.14. The topological polar surface area (TPSA) is 73.7 Å².